The van der Waals surface area contributed by atoms with E-state index in [0.29, 0.717) is 22.4 Å². The number of hydrogen-bond acceptors (Lipinski definition) is 5. The van der Waals surface area contributed by atoms with Crippen molar-refractivity contribution in [1.29, 1.82) is 0 Å². The third-order valence-electron chi connectivity index (χ3n) is 5.54. The second-order valence-electron chi connectivity index (χ2n) is 7.51. The van der Waals surface area contributed by atoms with Gasteiger partial charge in [-0.3, -0.25) is 19.2 Å². The number of carbonyl (C=O) groups is 4. The number of nitrogens with one attached hydrogen (secondary N) is 1. The summed E-state index contributed by atoms with van der Waals surface area (Å²) in [6.07, 6.45) is 2.67. The summed E-state index contributed by atoms with van der Waals surface area (Å²) in [4.78, 5) is 50.0. The van der Waals surface area contributed by atoms with Gasteiger partial charge in [-0.1, -0.05) is 37.1 Å². The summed E-state index contributed by atoms with van der Waals surface area (Å²) in [5.41, 5.74) is 1.68. The fourth-order valence-electron chi connectivity index (χ4n) is 3.91. The van der Waals surface area contributed by atoms with E-state index in [-0.39, 0.29) is 29.0 Å². The molecule has 2 aromatic rings. The zero-order valence-electron chi connectivity index (χ0n) is 16.1. The van der Waals surface area contributed by atoms with Crippen LogP contribution >= 0.6 is 0 Å². The van der Waals surface area contributed by atoms with Crippen LogP contribution in [0.1, 0.15) is 64.4 Å². The highest BCUT2D eigenvalue weighted by Gasteiger charge is 2.30. The SMILES string of the molecule is C[C@@H](OC(=O)C1CCCC1)C(=O)Nc1ccc2c(c1)C(=O)c1ccccc1C2=O. The van der Waals surface area contributed by atoms with E-state index in [0.717, 1.165) is 25.7 Å². The fourth-order valence-corrected chi connectivity index (χ4v) is 3.91. The molecule has 0 aliphatic heterocycles. The second kappa shape index (κ2) is 7.62. The van der Waals surface area contributed by atoms with Crippen molar-refractivity contribution < 1.29 is 23.9 Å². The maximum absolute atomic E-state index is 12.8. The second-order valence-corrected chi connectivity index (χ2v) is 7.51. The predicted molar refractivity (Wildman–Crippen MR) is 106 cm³/mol. The van der Waals surface area contributed by atoms with Gasteiger partial charge < -0.3 is 10.1 Å². The maximum atomic E-state index is 12.8. The van der Waals surface area contributed by atoms with Crippen LogP contribution < -0.4 is 5.32 Å². The predicted octanol–water partition coefficient (Wildman–Crippen LogP) is 3.52. The average Bonchev–Trinajstić information content (AvgIpc) is 3.27. The molecule has 6 nitrogen and oxygen atoms in total. The number of ether oxygens (including phenoxy) is 1. The van der Waals surface area contributed by atoms with Crippen molar-refractivity contribution in [2.24, 2.45) is 5.92 Å². The highest BCUT2D eigenvalue weighted by atomic mass is 16.5. The van der Waals surface area contributed by atoms with Crippen LogP contribution in [-0.4, -0.2) is 29.5 Å². The Hall–Kier alpha value is -3.28. The molecule has 6 heteroatoms. The Kier molecular flexibility index (Phi) is 5.01. The Bertz CT molecular complexity index is 1020. The minimum absolute atomic E-state index is 0.127. The third-order valence-corrected chi connectivity index (χ3v) is 5.54. The van der Waals surface area contributed by atoms with Gasteiger partial charge in [0, 0.05) is 27.9 Å². The molecule has 1 atom stereocenters. The summed E-state index contributed by atoms with van der Waals surface area (Å²) >= 11 is 0. The third kappa shape index (κ3) is 3.58. The Morgan fingerprint density at radius 2 is 1.52 bits per heavy atom. The molecule has 0 saturated heterocycles. The van der Waals surface area contributed by atoms with E-state index in [2.05, 4.69) is 5.32 Å². The average molecular weight is 391 g/mol. The highest BCUT2D eigenvalue weighted by molar-refractivity contribution is 6.28. The molecular weight excluding hydrogens is 370 g/mol. The summed E-state index contributed by atoms with van der Waals surface area (Å²) in [5.74, 6) is -1.42. The van der Waals surface area contributed by atoms with Crippen LogP contribution in [0.5, 0.6) is 0 Å². The molecule has 1 fully saturated rings. The summed E-state index contributed by atoms with van der Waals surface area (Å²) in [6.45, 7) is 1.52. The zero-order chi connectivity index (χ0) is 20.5. The van der Waals surface area contributed by atoms with Crippen molar-refractivity contribution in [1.82, 2.24) is 0 Å². The van der Waals surface area contributed by atoms with Crippen LogP contribution in [0.3, 0.4) is 0 Å². The van der Waals surface area contributed by atoms with Crippen LogP contribution in [-0.2, 0) is 14.3 Å². The van der Waals surface area contributed by atoms with Gasteiger partial charge in [-0.05, 0) is 38.0 Å². The Labute approximate surface area is 168 Å². The van der Waals surface area contributed by atoms with Gasteiger partial charge in [-0.15, -0.1) is 0 Å². The van der Waals surface area contributed by atoms with Crippen molar-refractivity contribution in [2.45, 2.75) is 38.7 Å². The van der Waals surface area contributed by atoms with E-state index in [4.69, 9.17) is 4.74 Å². The van der Waals surface area contributed by atoms with Gasteiger partial charge in [0.25, 0.3) is 5.91 Å². The van der Waals surface area contributed by atoms with Crippen molar-refractivity contribution in [2.75, 3.05) is 5.32 Å². The molecule has 2 aliphatic rings. The van der Waals surface area contributed by atoms with Gasteiger partial charge in [-0.25, -0.2) is 0 Å². The lowest BCUT2D eigenvalue weighted by atomic mass is 9.84. The molecular formula is C23H21NO5. The molecule has 2 aromatic carbocycles. The van der Waals surface area contributed by atoms with E-state index in [1.54, 1.807) is 30.3 Å². The topological polar surface area (TPSA) is 89.5 Å². The lowest BCUT2D eigenvalue weighted by molar-refractivity contribution is -0.157. The minimum atomic E-state index is -0.947. The molecule has 1 N–H and O–H groups in total. The maximum Gasteiger partial charge on any atom is 0.309 e. The molecule has 0 heterocycles. The number of hydrogen-bond donors (Lipinski definition) is 1. The van der Waals surface area contributed by atoms with Crippen LogP contribution in [0.25, 0.3) is 0 Å². The van der Waals surface area contributed by atoms with Crippen LogP contribution in [0, 0.1) is 5.92 Å². The fraction of sp³-hybridized carbons (Fsp3) is 0.304. The molecule has 4 rings (SSSR count). The van der Waals surface area contributed by atoms with Crippen molar-refractivity contribution in [3.63, 3.8) is 0 Å². The Morgan fingerprint density at radius 1 is 0.931 bits per heavy atom. The first-order valence-electron chi connectivity index (χ1n) is 9.79. The van der Waals surface area contributed by atoms with Crippen molar-refractivity contribution in [3.05, 3.63) is 64.7 Å². The summed E-state index contributed by atoms with van der Waals surface area (Å²) in [6, 6.07) is 11.3. The lowest BCUT2D eigenvalue weighted by Gasteiger charge is -2.19. The Balaban J connectivity index is 1.49. The first kappa shape index (κ1) is 19.1. The van der Waals surface area contributed by atoms with Gasteiger partial charge in [0.1, 0.15) is 0 Å². The van der Waals surface area contributed by atoms with E-state index in [1.807, 2.05) is 0 Å². The molecule has 1 amide bonds. The summed E-state index contributed by atoms with van der Waals surface area (Å²) < 4.78 is 5.29. The summed E-state index contributed by atoms with van der Waals surface area (Å²) in [7, 11) is 0. The number of ketones is 2. The minimum Gasteiger partial charge on any atom is -0.452 e. The molecule has 29 heavy (non-hydrogen) atoms. The molecule has 148 valence electrons. The molecule has 0 radical (unpaired) electrons. The molecule has 0 spiro atoms. The quantitative estimate of drug-likeness (QED) is 0.688. The Morgan fingerprint density at radius 3 is 2.17 bits per heavy atom. The standard InChI is InChI=1S/C23H21NO5/c1-13(29-23(28)14-6-2-3-7-14)22(27)24-15-10-11-18-19(12-15)21(26)17-9-5-4-8-16(17)20(18)25/h4-5,8-14H,2-3,6-7H2,1H3,(H,24,27)/t13-/m1/s1. The number of anilines is 1. The number of benzene rings is 2. The van der Waals surface area contributed by atoms with Crippen molar-refractivity contribution in [3.8, 4) is 0 Å². The first-order valence-corrected chi connectivity index (χ1v) is 9.79. The van der Waals surface area contributed by atoms with E-state index in [9.17, 15) is 19.2 Å². The lowest BCUT2D eigenvalue weighted by Crippen LogP contribution is -2.32. The van der Waals surface area contributed by atoms with Crippen LogP contribution in [0.2, 0.25) is 0 Å². The summed E-state index contributed by atoms with van der Waals surface area (Å²) in [5, 5.41) is 2.67. The molecule has 0 aromatic heterocycles. The molecule has 0 bridgehead atoms. The number of esters is 1. The highest BCUT2D eigenvalue weighted by Crippen LogP contribution is 2.29. The zero-order valence-corrected chi connectivity index (χ0v) is 16.1. The van der Waals surface area contributed by atoms with E-state index >= 15 is 0 Å². The molecule has 1 saturated carbocycles. The smallest absolute Gasteiger partial charge is 0.309 e. The molecule has 2 aliphatic carbocycles. The number of rotatable bonds is 4. The van der Waals surface area contributed by atoms with E-state index in [1.165, 1.54) is 19.1 Å². The normalized spacial score (nSPS) is 16.7. The largest absolute Gasteiger partial charge is 0.452 e. The first-order chi connectivity index (χ1) is 14.0. The van der Waals surface area contributed by atoms with Crippen molar-refractivity contribution >= 4 is 29.1 Å². The molecule has 0 unspecified atom stereocenters. The van der Waals surface area contributed by atoms with E-state index < -0.39 is 12.0 Å². The van der Waals surface area contributed by atoms with Gasteiger partial charge in [0.15, 0.2) is 17.7 Å². The van der Waals surface area contributed by atoms with Gasteiger partial charge in [-0.2, -0.15) is 0 Å². The number of amides is 1. The van der Waals surface area contributed by atoms with Gasteiger partial charge in [0.05, 0.1) is 5.92 Å². The van der Waals surface area contributed by atoms with Gasteiger partial charge in [0.2, 0.25) is 0 Å². The van der Waals surface area contributed by atoms with Gasteiger partial charge >= 0.3 is 5.97 Å². The number of fused-ring (bicyclic) bond motifs is 2. The monoisotopic (exact) mass is 391 g/mol. The van der Waals surface area contributed by atoms with Crippen LogP contribution in [0.4, 0.5) is 5.69 Å². The van der Waals surface area contributed by atoms with Crippen LogP contribution in [0.15, 0.2) is 42.5 Å². The number of carbonyl (C=O) groups excluding carboxylic acids is 4.